The second-order valence-electron chi connectivity index (χ2n) is 2.43. The number of rotatable bonds is 2. The zero-order chi connectivity index (χ0) is 9.14. The highest BCUT2D eigenvalue weighted by atomic mass is 35.5. The fourth-order valence-electron chi connectivity index (χ4n) is 0.834. The third-order valence-electron chi connectivity index (χ3n) is 1.54. The minimum atomic E-state index is -0.748. The molecule has 0 spiro atoms. The molecule has 4 heteroatoms. The van der Waals surface area contributed by atoms with E-state index in [0.29, 0.717) is 10.6 Å². The van der Waals surface area contributed by atoms with Crippen LogP contribution < -0.4 is 11.5 Å². The molecular formula is C8H9ClN2O. The average Bonchev–Trinajstić information content (AvgIpc) is 2.04. The number of amides is 1. The van der Waals surface area contributed by atoms with Crippen LogP contribution in [0.3, 0.4) is 0 Å². The normalized spacial score (nSPS) is 12.5. The first-order chi connectivity index (χ1) is 5.61. The van der Waals surface area contributed by atoms with Crippen molar-refractivity contribution in [2.75, 3.05) is 0 Å². The van der Waals surface area contributed by atoms with Gasteiger partial charge in [0, 0.05) is 5.02 Å². The summed E-state index contributed by atoms with van der Waals surface area (Å²) in [7, 11) is 0. The minimum Gasteiger partial charge on any atom is -0.368 e. The number of carbonyl (C=O) groups is 1. The SMILES string of the molecule is NC(=O)[C@@H](N)c1ccc(Cl)cc1. The number of nitrogens with two attached hydrogens (primary N) is 2. The summed E-state index contributed by atoms with van der Waals surface area (Å²) in [6.07, 6.45) is 0. The van der Waals surface area contributed by atoms with Crippen LogP contribution in [0.4, 0.5) is 0 Å². The maximum atomic E-state index is 10.6. The number of hydrogen-bond donors (Lipinski definition) is 2. The van der Waals surface area contributed by atoms with E-state index in [0.717, 1.165) is 0 Å². The van der Waals surface area contributed by atoms with Crippen molar-refractivity contribution in [1.82, 2.24) is 0 Å². The number of primary amides is 1. The van der Waals surface area contributed by atoms with Crippen LogP contribution in [0.2, 0.25) is 5.02 Å². The van der Waals surface area contributed by atoms with E-state index >= 15 is 0 Å². The lowest BCUT2D eigenvalue weighted by Gasteiger charge is -2.06. The number of hydrogen-bond acceptors (Lipinski definition) is 2. The summed E-state index contributed by atoms with van der Waals surface area (Å²) in [6.45, 7) is 0. The lowest BCUT2D eigenvalue weighted by Crippen LogP contribution is -2.28. The van der Waals surface area contributed by atoms with Gasteiger partial charge in [-0.1, -0.05) is 23.7 Å². The van der Waals surface area contributed by atoms with Gasteiger partial charge in [0.25, 0.3) is 0 Å². The Bertz CT molecular complexity index is 284. The van der Waals surface area contributed by atoms with Gasteiger partial charge in [0.15, 0.2) is 0 Å². The van der Waals surface area contributed by atoms with Crippen molar-refractivity contribution < 1.29 is 4.79 Å². The molecule has 0 fully saturated rings. The van der Waals surface area contributed by atoms with E-state index in [1.165, 1.54) is 0 Å². The lowest BCUT2D eigenvalue weighted by molar-refractivity contribution is -0.119. The van der Waals surface area contributed by atoms with Gasteiger partial charge >= 0.3 is 0 Å². The molecule has 1 aromatic carbocycles. The first kappa shape index (κ1) is 9.03. The molecule has 0 aliphatic carbocycles. The highest BCUT2D eigenvalue weighted by Gasteiger charge is 2.10. The molecule has 0 saturated carbocycles. The third kappa shape index (κ3) is 1.96. The van der Waals surface area contributed by atoms with E-state index in [9.17, 15) is 4.79 Å². The average molecular weight is 185 g/mol. The van der Waals surface area contributed by atoms with Crippen LogP contribution in [0.5, 0.6) is 0 Å². The summed E-state index contributed by atoms with van der Waals surface area (Å²) in [5.74, 6) is -0.544. The van der Waals surface area contributed by atoms with Crippen molar-refractivity contribution >= 4 is 17.5 Å². The lowest BCUT2D eigenvalue weighted by atomic mass is 10.1. The first-order valence-corrected chi connectivity index (χ1v) is 3.79. The van der Waals surface area contributed by atoms with Crippen molar-refractivity contribution in [2.24, 2.45) is 11.5 Å². The van der Waals surface area contributed by atoms with Crippen molar-refractivity contribution in [1.29, 1.82) is 0 Å². The summed E-state index contributed by atoms with van der Waals surface area (Å²) in [5, 5.41) is 0.607. The predicted molar refractivity (Wildman–Crippen MR) is 47.6 cm³/mol. The van der Waals surface area contributed by atoms with Crippen LogP contribution in [0.1, 0.15) is 11.6 Å². The van der Waals surface area contributed by atoms with E-state index < -0.39 is 11.9 Å². The molecule has 0 radical (unpaired) electrons. The van der Waals surface area contributed by atoms with Crippen LogP contribution in [-0.2, 0) is 4.79 Å². The molecule has 0 bridgehead atoms. The Hall–Kier alpha value is -1.06. The van der Waals surface area contributed by atoms with Crippen LogP contribution in [-0.4, -0.2) is 5.91 Å². The molecule has 3 nitrogen and oxygen atoms in total. The Morgan fingerprint density at radius 3 is 2.25 bits per heavy atom. The number of benzene rings is 1. The van der Waals surface area contributed by atoms with Gasteiger partial charge < -0.3 is 11.5 Å². The minimum absolute atomic E-state index is 0.544. The van der Waals surface area contributed by atoms with E-state index in [1.807, 2.05) is 0 Å². The fourth-order valence-corrected chi connectivity index (χ4v) is 0.960. The van der Waals surface area contributed by atoms with Crippen molar-refractivity contribution in [3.8, 4) is 0 Å². The summed E-state index contributed by atoms with van der Waals surface area (Å²) >= 11 is 5.64. The molecule has 0 aliphatic heterocycles. The highest BCUT2D eigenvalue weighted by molar-refractivity contribution is 6.30. The second-order valence-corrected chi connectivity index (χ2v) is 2.87. The Balaban J connectivity index is 2.89. The third-order valence-corrected chi connectivity index (χ3v) is 1.79. The van der Waals surface area contributed by atoms with E-state index in [4.69, 9.17) is 23.1 Å². The summed E-state index contributed by atoms with van der Waals surface area (Å²) in [4.78, 5) is 10.6. The second kappa shape index (κ2) is 3.56. The Labute approximate surface area is 75.3 Å². The van der Waals surface area contributed by atoms with Gasteiger partial charge in [-0.25, -0.2) is 0 Å². The van der Waals surface area contributed by atoms with Gasteiger partial charge in [0.05, 0.1) is 0 Å². The predicted octanol–water partition coefficient (Wildman–Crippen LogP) is 0.825. The molecule has 64 valence electrons. The van der Waals surface area contributed by atoms with Crippen molar-refractivity contribution in [3.05, 3.63) is 34.9 Å². The molecule has 0 heterocycles. The van der Waals surface area contributed by atoms with Gasteiger partial charge in [-0.15, -0.1) is 0 Å². The largest absolute Gasteiger partial charge is 0.368 e. The molecular weight excluding hydrogens is 176 g/mol. The molecule has 1 rings (SSSR count). The van der Waals surface area contributed by atoms with Crippen LogP contribution in [0.25, 0.3) is 0 Å². The first-order valence-electron chi connectivity index (χ1n) is 3.41. The van der Waals surface area contributed by atoms with Gasteiger partial charge in [0.1, 0.15) is 6.04 Å². The maximum Gasteiger partial charge on any atom is 0.238 e. The van der Waals surface area contributed by atoms with Gasteiger partial charge in [-0.3, -0.25) is 4.79 Å². The quantitative estimate of drug-likeness (QED) is 0.715. The maximum absolute atomic E-state index is 10.6. The Morgan fingerprint density at radius 2 is 1.83 bits per heavy atom. The molecule has 0 saturated heterocycles. The Morgan fingerprint density at radius 1 is 1.33 bits per heavy atom. The zero-order valence-corrected chi connectivity index (χ0v) is 7.08. The van der Waals surface area contributed by atoms with Gasteiger partial charge in [-0.2, -0.15) is 0 Å². The topological polar surface area (TPSA) is 69.1 Å². The summed E-state index contributed by atoms with van der Waals surface area (Å²) in [6, 6.07) is 5.94. The fraction of sp³-hybridized carbons (Fsp3) is 0.125. The highest BCUT2D eigenvalue weighted by Crippen LogP contribution is 2.13. The zero-order valence-electron chi connectivity index (χ0n) is 6.33. The Kier molecular flexibility index (Phi) is 2.68. The number of halogens is 1. The van der Waals surface area contributed by atoms with E-state index in [-0.39, 0.29) is 0 Å². The van der Waals surface area contributed by atoms with Crippen molar-refractivity contribution in [3.63, 3.8) is 0 Å². The molecule has 0 aromatic heterocycles. The molecule has 1 atom stereocenters. The van der Waals surface area contributed by atoms with Crippen LogP contribution in [0, 0.1) is 0 Å². The van der Waals surface area contributed by atoms with Crippen LogP contribution in [0.15, 0.2) is 24.3 Å². The van der Waals surface area contributed by atoms with E-state index in [1.54, 1.807) is 24.3 Å². The molecule has 0 aliphatic rings. The number of carbonyl (C=O) groups excluding carboxylic acids is 1. The molecule has 12 heavy (non-hydrogen) atoms. The summed E-state index contributed by atoms with van der Waals surface area (Å²) < 4.78 is 0. The van der Waals surface area contributed by atoms with Crippen molar-refractivity contribution in [2.45, 2.75) is 6.04 Å². The standard InChI is InChI=1S/C8H9ClN2O/c9-6-3-1-5(2-4-6)7(10)8(11)12/h1-4,7H,10H2,(H2,11,12)/t7-/m0/s1. The summed E-state index contributed by atoms with van der Waals surface area (Å²) in [5.41, 5.74) is 11.2. The van der Waals surface area contributed by atoms with Gasteiger partial charge in [-0.05, 0) is 17.7 Å². The van der Waals surface area contributed by atoms with Crippen LogP contribution >= 0.6 is 11.6 Å². The molecule has 1 aromatic rings. The van der Waals surface area contributed by atoms with E-state index in [2.05, 4.69) is 0 Å². The molecule has 4 N–H and O–H groups in total. The van der Waals surface area contributed by atoms with Gasteiger partial charge in [0.2, 0.25) is 5.91 Å². The molecule has 0 unspecified atom stereocenters. The monoisotopic (exact) mass is 184 g/mol. The molecule has 1 amide bonds. The smallest absolute Gasteiger partial charge is 0.238 e.